The maximum atomic E-state index is 14.1. The lowest BCUT2D eigenvalue weighted by atomic mass is 9.79. The van der Waals surface area contributed by atoms with Crippen molar-refractivity contribution < 1.29 is 81.1 Å². The number of unbranched alkanes of at least 4 members (excludes halogenated alkanes) is 26. The Morgan fingerprint density at radius 2 is 0.769 bits per heavy atom. The smallest absolute Gasteiger partial charge is 0.397 e. The van der Waals surface area contributed by atoms with Gasteiger partial charge in [0.25, 0.3) is 0 Å². The first kappa shape index (κ1) is 85.5. The molecule has 20 unspecified atom stereocenters. The Balaban J connectivity index is 1.94. The van der Waals surface area contributed by atoms with Crippen molar-refractivity contribution >= 4 is 22.3 Å². The average Bonchev–Trinajstić information content (AvgIpc) is 0.939. The summed E-state index contributed by atoms with van der Waals surface area (Å²) in [5, 5.41) is 64.5. The molecule has 2 rings (SSSR count). The third kappa shape index (κ3) is 38.3. The van der Waals surface area contributed by atoms with E-state index in [-0.39, 0.29) is 18.4 Å². The number of hydrogen-bond donors (Lipinski definition) is 7. The lowest BCUT2D eigenvalue weighted by Crippen LogP contribution is -2.65. The highest BCUT2D eigenvalue weighted by molar-refractivity contribution is 7.80. The molecule has 18 heteroatoms. The molecule has 540 valence electrons. The standard InChI is InChI=1S/C73H140O17S/c1-12-14-16-18-20-22-24-26-27-29-31-33-35-37-39-41-64(77)87-70-68(66(79)63(51-75)86-73(70)89-72-69(90-91(82,83)84)67(80)65(78)62(50-74)85-72)88-71(81)60(11)49-58(9)47-56(7)45-54(5)43-52(3)42-53(4)44-55(6)46-57(8)48-59(10)61(76)40-38-36-34-32-30-28-25-23-21-19-17-15-13-2/h52-63,65-70,72-76,78-80H,12-51H2,1-11H3,(H,82,83,84). The second kappa shape index (κ2) is 49.9. The number of carbonyl (C=O) groups is 2. The monoisotopic (exact) mass is 1320 g/mol. The molecule has 0 amide bonds. The molecule has 0 saturated carbocycles. The normalized spacial score (nSPS) is 25.6. The summed E-state index contributed by atoms with van der Waals surface area (Å²) in [5.74, 6) is 1.59. The predicted molar refractivity (Wildman–Crippen MR) is 362 cm³/mol. The lowest BCUT2D eigenvalue weighted by molar-refractivity contribution is -0.374. The maximum absolute atomic E-state index is 14.1. The van der Waals surface area contributed by atoms with Crippen LogP contribution in [0.2, 0.25) is 0 Å². The molecule has 17 nitrogen and oxygen atoms in total. The van der Waals surface area contributed by atoms with E-state index >= 15 is 0 Å². The first-order valence-corrected chi connectivity index (χ1v) is 38.7. The highest BCUT2D eigenvalue weighted by Gasteiger charge is 2.55. The van der Waals surface area contributed by atoms with Crippen LogP contribution in [0.4, 0.5) is 0 Å². The zero-order chi connectivity index (χ0) is 67.7. The van der Waals surface area contributed by atoms with Crippen LogP contribution in [-0.4, -0.2) is 136 Å². The minimum absolute atomic E-state index is 0.0538. The Morgan fingerprint density at radius 3 is 1.15 bits per heavy atom. The molecule has 2 heterocycles. The molecule has 7 N–H and O–H groups in total. The maximum Gasteiger partial charge on any atom is 0.397 e. The van der Waals surface area contributed by atoms with Crippen LogP contribution in [0.25, 0.3) is 0 Å². The van der Waals surface area contributed by atoms with E-state index < -0.39 is 103 Å². The summed E-state index contributed by atoms with van der Waals surface area (Å²) >= 11 is 0. The minimum atomic E-state index is -5.32. The first-order valence-electron chi connectivity index (χ1n) is 37.3. The van der Waals surface area contributed by atoms with E-state index in [0.717, 1.165) is 70.6 Å². The molecule has 2 aliphatic rings. The van der Waals surface area contributed by atoms with Crippen LogP contribution in [0.3, 0.4) is 0 Å². The molecular weight excluding hydrogens is 1180 g/mol. The quantitative estimate of drug-likeness (QED) is 0.0169. The fourth-order valence-corrected chi connectivity index (χ4v) is 15.5. The van der Waals surface area contributed by atoms with Gasteiger partial charge in [0.1, 0.15) is 30.5 Å². The van der Waals surface area contributed by atoms with Gasteiger partial charge in [-0.15, -0.1) is 0 Å². The van der Waals surface area contributed by atoms with E-state index in [2.05, 4.69) is 73.4 Å². The van der Waals surface area contributed by atoms with Gasteiger partial charge in [0.2, 0.25) is 6.29 Å². The summed E-state index contributed by atoms with van der Waals surface area (Å²) in [4.78, 5) is 27.8. The van der Waals surface area contributed by atoms with E-state index in [4.69, 9.17) is 23.7 Å². The largest absolute Gasteiger partial charge is 0.455 e. The molecule has 0 aromatic heterocycles. The Morgan fingerprint density at radius 1 is 0.429 bits per heavy atom. The van der Waals surface area contributed by atoms with Crippen molar-refractivity contribution in [2.24, 2.45) is 53.3 Å². The Kier molecular flexibility index (Phi) is 46.9. The Labute approximate surface area is 555 Å². The number of aliphatic hydroxyl groups excluding tert-OH is 6. The van der Waals surface area contributed by atoms with Crippen molar-refractivity contribution in [3.05, 3.63) is 0 Å². The van der Waals surface area contributed by atoms with Gasteiger partial charge in [-0.1, -0.05) is 250 Å². The summed E-state index contributed by atoms with van der Waals surface area (Å²) < 4.78 is 67.6. The van der Waals surface area contributed by atoms with Crippen LogP contribution in [0, 0.1) is 53.3 Å². The summed E-state index contributed by atoms with van der Waals surface area (Å²) in [6, 6.07) is 0. The van der Waals surface area contributed by atoms with Gasteiger partial charge in [-0.05, 0) is 112 Å². The molecule has 0 radical (unpaired) electrons. The highest BCUT2D eigenvalue weighted by atomic mass is 32.3. The fraction of sp³-hybridized carbons (Fsp3) is 0.973. The molecule has 20 atom stereocenters. The van der Waals surface area contributed by atoms with E-state index in [1.165, 1.54) is 154 Å². The SMILES string of the molecule is CCCCCCCCCCCCCCCCCC(=O)OC1C(OC2OC(CO)C(O)C(O)C2OS(=O)(=O)O)OC(CO)C(O)C1OC(=O)C(C)CC(C)CC(C)CC(C)CC(C)CC(C)CC(C)CC(C)CC(C)C(O)CCCCCCCCCCCCCCC. The van der Waals surface area contributed by atoms with Crippen LogP contribution in [0.1, 0.15) is 320 Å². The second-order valence-corrected chi connectivity index (χ2v) is 30.7. The van der Waals surface area contributed by atoms with Gasteiger partial charge in [-0.25, -0.2) is 4.18 Å². The van der Waals surface area contributed by atoms with Crippen LogP contribution in [0.5, 0.6) is 0 Å². The number of rotatable bonds is 56. The molecule has 0 aromatic rings. The molecule has 0 aliphatic carbocycles. The Hall–Kier alpha value is -1.55. The van der Waals surface area contributed by atoms with Crippen LogP contribution >= 0.6 is 0 Å². The van der Waals surface area contributed by atoms with Crippen LogP contribution < -0.4 is 0 Å². The second-order valence-electron chi connectivity index (χ2n) is 29.7. The van der Waals surface area contributed by atoms with Gasteiger partial charge in [0.15, 0.2) is 24.6 Å². The number of carbonyl (C=O) groups excluding carboxylic acids is 2. The molecule has 91 heavy (non-hydrogen) atoms. The van der Waals surface area contributed by atoms with Gasteiger partial charge < -0.3 is 54.3 Å². The van der Waals surface area contributed by atoms with Crippen LogP contribution in [-0.2, 0) is 47.9 Å². The summed E-state index contributed by atoms with van der Waals surface area (Å²) in [6.07, 6.45) is 24.8. The van der Waals surface area contributed by atoms with E-state index in [0.29, 0.717) is 54.3 Å². The third-order valence-electron chi connectivity index (χ3n) is 19.6. The number of ether oxygens (including phenoxy) is 5. The fourth-order valence-electron chi connectivity index (χ4n) is 15.0. The average molecular weight is 1320 g/mol. The highest BCUT2D eigenvalue weighted by Crippen LogP contribution is 2.36. The molecular formula is C73H140O17S. The topological polar surface area (TPSA) is 265 Å². The van der Waals surface area contributed by atoms with Crippen molar-refractivity contribution in [1.82, 2.24) is 0 Å². The van der Waals surface area contributed by atoms with Gasteiger partial charge in [-0.3, -0.25) is 14.1 Å². The number of esters is 2. The predicted octanol–water partition coefficient (Wildman–Crippen LogP) is 15.5. The van der Waals surface area contributed by atoms with E-state index in [1.54, 1.807) is 6.92 Å². The summed E-state index contributed by atoms with van der Waals surface area (Å²) in [7, 11) is -5.32. The van der Waals surface area contributed by atoms with Crippen molar-refractivity contribution in [3.8, 4) is 0 Å². The van der Waals surface area contributed by atoms with E-state index in [1.807, 2.05) is 0 Å². The molecule has 2 aliphatic heterocycles. The van der Waals surface area contributed by atoms with Crippen LogP contribution in [0.15, 0.2) is 0 Å². The molecule has 2 saturated heterocycles. The van der Waals surface area contributed by atoms with Crippen molar-refractivity contribution in [2.75, 3.05) is 13.2 Å². The third-order valence-corrected chi connectivity index (χ3v) is 20.1. The van der Waals surface area contributed by atoms with Gasteiger partial charge in [0, 0.05) is 6.42 Å². The van der Waals surface area contributed by atoms with Gasteiger partial charge in [-0.2, -0.15) is 8.42 Å². The zero-order valence-electron chi connectivity index (χ0n) is 59.5. The lowest BCUT2D eigenvalue weighted by Gasteiger charge is -2.46. The van der Waals surface area contributed by atoms with Crippen molar-refractivity contribution in [1.29, 1.82) is 0 Å². The molecule has 2 fully saturated rings. The number of hydrogen-bond acceptors (Lipinski definition) is 16. The van der Waals surface area contributed by atoms with Crippen molar-refractivity contribution in [2.45, 2.75) is 388 Å². The first-order chi connectivity index (χ1) is 43.3. The van der Waals surface area contributed by atoms with E-state index in [9.17, 15) is 53.2 Å². The molecule has 0 bridgehead atoms. The number of aliphatic hydroxyl groups is 6. The zero-order valence-corrected chi connectivity index (χ0v) is 60.3. The van der Waals surface area contributed by atoms with Gasteiger partial charge >= 0.3 is 22.3 Å². The van der Waals surface area contributed by atoms with Gasteiger partial charge in [0.05, 0.1) is 25.2 Å². The minimum Gasteiger partial charge on any atom is -0.455 e. The van der Waals surface area contributed by atoms with Crippen molar-refractivity contribution in [3.63, 3.8) is 0 Å². The molecule has 0 spiro atoms. The molecule has 0 aromatic carbocycles. The summed E-state index contributed by atoms with van der Waals surface area (Å²) in [6.45, 7) is 23.0. The summed E-state index contributed by atoms with van der Waals surface area (Å²) in [5.41, 5.74) is 0. The Bertz CT molecular complexity index is 1910.